The van der Waals surface area contributed by atoms with Crippen molar-refractivity contribution in [2.45, 2.75) is 37.3 Å². The van der Waals surface area contributed by atoms with Gasteiger partial charge in [0.25, 0.3) is 11.8 Å². The molecule has 0 aliphatic rings. The summed E-state index contributed by atoms with van der Waals surface area (Å²) in [6.07, 6.45) is 0.483. The van der Waals surface area contributed by atoms with E-state index in [1.54, 1.807) is 80.6 Å². The molecule has 4 rings (SSSR count). The van der Waals surface area contributed by atoms with Gasteiger partial charge in [0.2, 0.25) is 5.91 Å². The van der Waals surface area contributed by atoms with Crippen molar-refractivity contribution >= 4 is 63.2 Å². The molecule has 4 aromatic rings. The number of thioether (sulfide) groups is 1. The average Bonchev–Trinajstić information content (AvgIpc) is 3.35. The van der Waals surface area contributed by atoms with Crippen molar-refractivity contribution < 1.29 is 28.7 Å². The van der Waals surface area contributed by atoms with Crippen molar-refractivity contribution in [1.82, 2.24) is 0 Å². The highest BCUT2D eigenvalue weighted by Gasteiger charge is 2.28. The highest BCUT2D eigenvalue weighted by Crippen LogP contribution is 2.36. The van der Waals surface area contributed by atoms with E-state index >= 15 is 0 Å². The smallest absolute Gasteiger partial charge is 0.341 e. The Hall–Kier alpha value is -4.61. The minimum atomic E-state index is -0.615. The van der Waals surface area contributed by atoms with Crippen LogP contribution in [0, 0.1) is 6.92 Å². The molecule has 0 fully saturated rings. The lowest BCUT2D eigenvalue weighted by atomic mass is 10.1. The molecule has 0 saturated heterocycles. The van der Waals surface area contributed by atoms with E-state index in [4.69, 9.17) is 9.47 Å². The quantitative estimate of drug-likeness (QED) is 0.111. The number of hydrogen-bond acceptors (Lipinski definition) is 8. The number of methoxy groups -OCH3 is 1. The summed E-state index contributed by atoms with van der Waals surface area (Å²) in [6, 6.07) is 23.0. The van der Waals surface area contributed by atoms with Crippen LogP contribution in [-0.4, -0.2) is 42.7 Å². The van der Waals surface area contributed by atoms with Crippen LogP contribution in [0.25, 0.3) is 0 Å². The third-order valence-electron chi connectivity index (χ3n) is 6.47. The Morgan fingerprint density at radius 1 is 0.841 bits per heavy atom. The molecule has 44 heavy (non-hydrogen) atoms. The van der Waals surface area contributed by atoms with Gasteiger partial charge in [-0.25, -0.2) is 4.79 Å². The Labute approximate surface area is 264 Å². The summed E-state index contributed by atoms with van der Waals surface area (Å²) >= 11 is 2.36. The van der Waals surface area contributed by atoms with Crippen LogP contribution in [0.3, 0.4) is 0 Å². The number of hydrogen-bond donors (Lipinski definition) is 3. The van der Waals surface area contributed by atoms with Crippen molar-refractivity contribution in [2.24, 2.45) is 0 Å². The van der Waals surface area contributed by atoms with Gasteiger partial charge < -0.3 is 25.4 Å². The van der Waals surface area contributed by atoms with Crippen molar-refractivity contribution in [1.29, 1.82) is 0 Å². The van der Waals surface area contributed by atoms with Gasteiger partial charge in [-0.2, -0.15) is 0 Å². The number of carbonyl (C=O) groups is 4. The molecule has 3 amide bonds. The minimum Gasteiger partial charge on any atom is -0.497 e. The second kappa shape index (κ2) is 15.2. The molecule has 3 N–H and O–H groups in total. The van der Waals surface area contributed by atoms with Gasteiger partial charge in [0, 0.05) is 21.8 Å². The molecular weight excluding hydrogens is 599 g/mol. The summed E-state index contributed by atoms with van der Waals surface area (Å²) in [5.74, 6) is -1.04. The van der Waals surface area contributed by atoms with Gasteiger partial charge in [0.15, 0.2) is 0 Å². The lowest BCUT2D eigenvalue weighted by Gasteiger charge is -2.15. The Morgan fingerprint density at radius 3 is 2.25 bits per heavy atom. The molecule has 1 atom stereocenters. The Bertz CT molecular complexity index is 1650. The molecule has 9 nitrogen and oxygen atoms in total. The number of carbonyl (C=O) groups excluding carboxylic acids is 4. The van der Waals surface area contributed by atoms with E-state index in [0.29, 0.717) is 39.5 Å². The maximum Gasteiger partial charge on any atom is 0.341 e. The number of thiophene rings is 1. The van der Waals surface area contributed by atoms with Gasteiger partial charge >= 0.3 is 5.97 Å². The summed E-state index contributed by atoms with van der Waals surface area (Å²) in [5.41, 5.74) is 2.22. The largest absolute Gasteiger partial charge is 0.497 e. The first-order chi connectivity index (χ1) is 21.2. The lowest BCUT2D eigenvalue weighted by molar-refractivity contribution is -0.115. The van der Waals surface area contributed by atoms with Gasteiger partial charge in [-0.05, 0) is 74.4 Å². The summed E-state index contributed by atoms with van der Waals surface area (Å²) in [5, 5.41) is 8.31. The molecule has 3 aromatic carbocycles. The maximum atomic E-state index is 13.5. The van der Waals surface area contributed by atoms with Crippen LogP contribution in [0.4, 0.5) is 16.4 Å². The van der Waals surface area contributed by atoms with E-state index in [2.05, 4.69) is 16.0 Å². The summed E-state index contributed by atoms with van der Waals surface area (Å²) in [6.45, 7) is 5.38. The number of anilines is 3. The van der Waals surface area contributed by atoms with Crippen LogP contribution in [0.2, 0.25) is 0 Å². The van der Waals surface area contributed by atoms with Gasteiger partial charge in [-0.15, -0.1) is 23.1 Å². The first-order valence-electron chi connectivity index (χ1n) is 13.9. The highest BCUT2D eigenvalue weighted by atomic mass is 32.2. The van der Waals surface area contributed by atoms with E-state index in [0.717, 1.165) is 16.2 Å². The Kier molecular flexibility index (Phi) is 11.2. The summed E-state index contributed by atoms with van der Waals surface area (Å²) in [7, 11) is 1.54. The SMILES string of the molecule is CCOC(=O)c1c(NC(=O)C(CC)Sc2cccc(NC(=O)c3cccc(OC)c3)c2)sc(C(=O)Nc2ccccc2)c1C. The molecule has 1 aromatic heterocycles. The highest BCUT2D eigenvalue weighted by molar-refractivity contribution is 8.00. The zero-order chi connectivity index (χ0) is 31.6. The van der Waals surface area contributed by atoms with Crippen LogP contribution < -0.4 is 20.7 Å². The van der Waals surface area contributed by atoms with E-state index in [-0.39, 0.29) is 34.9 Å². The fourth-order valence-corrected chi connectivity index (χ4v) is 6.38. The number of para-hydroxylation sites is 1. The number of nitrogens with one attached hydrogen (secondary N) is 3. The van der Waals surface area contributed by atoms with Crippen LogP contribution in [0.5, 0.6) is 5.75 Å². The average molecular weight is 632 g/mol. The van der Waals surface area contributed by atoms with Gasteiger partial charge in [-0.1, -0.05) is 37.3 Å². The third-order valence-corrected chi connectivity index (χ3v) is 9.03. The molecule has 228 valence electrons. The van der Waals surface area contributed by atoms with Gasteiger partial charge in [0.1, 0.15) is 10.8 Å². The number of ether oxygens (including phenoxy) is 2. The molecule has 0 aliphatic heterocycles. The van der Waals surface area contributed by atoms with E-state index in [9.17, 15) is 19.2 Å². The zero-order valence-electron chi connectivity index (χ0n) is 24.8. The fraction of sp³-hybridized carbons (Fsp3) is 0.212. The number of amides is 3. The van der Waals surface area contributed by atoms with E-state index < -0.39 is 11.2 Å². The zero-order valence-corrected chi connectivity index (χ0v) is 26.4. The second-order valence-electron chi connectivity index (χ2n) is 9.52. The lowest BCUT2D eigenvalue weighted by Crippen LogP contribution is -2.25. The predicted octanol–water partition coefficient (Wildman–Crippen LogP) is 7.26. The fourth-order valence-electron chi connectivity index (χ4n) is 4.27. The molecule has 11 heteroatoms. The minimum absolute atomic E-state index is 0.144. The Morgan fingerprint density at radius 2 is 1.55 bits per heavy atom. The number of esters is 1. The molecular formula is C33H33N3O6S2. The van der Waals surface area contributed by atoms with Crippen molar-refractivity contribution in [3.8, 4) is 5.75 Å². The van der Waals surface area contributed by atoms with Crippen LogP contribution in [0.1, 0.15) is 56.2 Å². The first kappa shape index (κ1) is 32.3. The molecule has 1 heterocycles. The van der Waals surface area contributed by atoms with Crippen molar-refractivity contribution in [2.75, 3.05) is 29.7 Å². The standard InChI is InChI=1S/C33H33N3O6S2/c1-5-26(43-25-17-11-15-23(19-25)35-29(37)21-12-10-16-24(18-21)41-4)30(38)36-32-27(33(40)42-6-2)20(3)28(44-32)31(39)34-22-13-8-7-9-14-22/h7-19,26H,5-6H2,1-4H3,(H,34,39)(H,35,37)(H,36,38). The van der Waals surface area contributed by atoms with Crippen LogP contribution in [-0.2, 0) is 9.53 Å². The van der Waals surface area contributed by atoms with Gasteiger partial charge in [0.05, 0.1) is 29.4 Å². The van der Waals surface area contributed by atoms with Crippen LogP contribution >= 0.6 is 23.1 Å². The number of benzene rings is 3. The van der Waals surface area contributed by atoms with Crippen molar-refractivity contribution in [3.63, 3.8) is 0 Å². The third kappa shape index (κ3) is 8.06. The number of rotatable bonds is 12. The summed E-state index contributed by atoms with van der Waals surface area (Å²) in [4.78, 5) is 53.4. The molecule has 1 unspecified atom stereocenters. The molecule has 0 radical (unpaired) electrons. The first-order valence-corrected chi connectivity index (χ1v) is 15.6. The summed E-state index contributed by atoms with van der Waals surface area (Å²) < 4.78 is 10.5. The second-order valence-corrected chi connectivity index (χ2v) is 11.8. The van der Waals surface area contributed by atoms with Gasteiger partial charge in [-0.3, -0.25) is 14.4 Å². The molecule has 0 bridgehead atoms. The van der Waals surface area contributed by atoms with Crippen molar-refractivity contribution in [3.05, 3.63) is 100 Å². The molecule has 0 spiro atoms. The maximum absolute atomic E-state index is 13.5. The predicted molar refractivity (Wildman–Crippen MR) is 175 cm³/mol. The topological polar surface area (TPSA) is 123 Å². The van der Waals surface area contributed by atoms with Crippen LogP contribution in [0.15, 0.2) is 83.8 Å². The molecule has 0 saturated carbocycles. The van der Waals surface area contributed by atoms with E-state index in [1.165, 1.54) is 18.9 Å². The van der Waals surface area contributed by atoms with E-state index in [1.807, 2.05) is 19.1 Å². The molecule has 0 aliphatic carbocycles. The normalized spacial score (nSPS) is 11.3. The monoisotopic (exact) mass is 631 g/mol. The Balaban J connectivity index is 1.51.